The maximum Gasteiger partial charge on any atom is 0.321 e. The van der Waals surface area contributed by atoms with Gasteiger partial charge in [0.15, 0.2) is 0 Å². The number of aromatic nitrogens is 1. The highest BCUT2D eigenvalue weighted by Crippen LogP contribution is 2.35. The molecule has 2 aromatic rings. The normalized spacial score (nSPS) is 22.0. The van der Waals surface area contributed by atoms with Crippen LogP contribution in [-0.2, 0) is 6.54 Å². The molecule has 1 N–H and O–H groups in total. The van der Waals surface area contributed by atoms with Gasteiger partial charge in [0.2, 0.25) is 0 Å². The number of pyridine rings is 1. The highest BCUT2D eigenvalue weighted by atomic mass is 35.5. The summed E-state index contributed by atoms with van der Waals surface area (Å²) in [5.74, 6) is 0.540. The first-order chi connectivity index (χ1) is 11.6. The first-order valence-electron chi connectivity index (χ1n) is 8.11. The number of nitrogens with one attached hydrogen (secondary N) is 1. The van der Waals surface area contributed by atoms with Crippen LogP contribution in [0.1, 0.15) is 18.0 Å². The van der Waals surface area contributed by atoms with Gasteiger partial charge in [0.25, 0.3) is 5.56 Å². The van der Waals surface area contributed by atoms with Gasteiger partial charge in [-0.1, -0.05) is 23.7 Å². The van der Waals surface area contributed by atoms with Crippen molar-refractivity contribution in [1.29, 1.82) is 0 Å². The van der Waals surface area contributed by atoms with E-state index in [1.165, 1.54) is 0 Å². The van der Waals surface area contributed by atoms with Gasteiger partial charge in [-0.05, 0) is 36.6 Å². The number of rotatable bonds is 1. The number of halogens is 1. The summed E-state index contributed by atoms with van der Waals surface area (Å²) < 4.78 is 1.87. The van der Waals surface area contributed by atoms with Crippen molar-refractivity contribution < 1.29 is 4.79 Å². The molecule has 1 aromatic carbocycles. The lowest BCUT2D eigenvalue weighted by Gasteiger charge is -2.42. The summed E-state index contributed by atoms with van der Waals surface area (Å²) in [5, 5.41) is 3.51. The van der Waals surface area contributed by atoms with Gasteiger partial charge >= 0.3 is 6.03 Å². The largest absolute Gasteiger partial charge is 0.324 e. The average Bonchev–Trinajstić information content (AvgIpc) is 2.56. The van der Waals surface area contributed by atoms with Crippen LogP contribution in [0, 0.1) is 5.92 Å². The second-order valence-corrected chi connectivity index (χ2v) is 6.98. The summed E-state index contributed by atoms with van der Waals surface area (Å²) in [6, 6.07) is 12.4. The van der Waals surface area contributed by atoms with Gasteiger partial charge in [0.1, 0.15) is 0 Å². The number of amides is 2. The second-order valence-electron chi connectivity index (χ2n) is 6.54. The number of piperidine rings is 1. The quantitative estimate of drug-likeness (QED) is 0.864. The Balaban J connectivity index is 1.53. The fourth-order valence-electron chi connectivity index (χ4n) is 3.83. The van der Waals surface area contributed by atoms with Gasteiger partial charge in [-0.2, -0.15) is 0 Å². The molecule has 2 aliphatic heterocycles. The smallest absolute Gasteiger partial charge is 0.321 e. The predicted octanol–water partition coefficient (Wildman–Crippen LogP) is 3.15. The van der Waals surface area contributed by atoms with E-state index in [-0.39, 0.29) is 17.5 Å². The van der Waals surface area contributed by atoms with Gasteiger partial charge in [-0.15, -0.1) is 0 Å². The molecule has 2 aliphatic rings. The van der Waals surface area contributed by atoms with Gasteiger partial charge in [-0.3, -0.25) is 4.79 Å². The van der Waals surface area contributed by atoms with Crippen molar-refractivity contribution in [2.24, 2.45) is 5.92 Å². The Morgan fingerprint density at radius 2 is 1.96 bits per heavy atom. The highest BCUT2D eigenvalue weighted by Gasteiger charge is 2.36. The molecule has 1 saturated heterocycles. The molecular formula is C18H18ClN3O2. The molecule has 1 fully saturated rings. The van der Waals surface area contributed by atoms with Gasteiger partial charge in [0.05, 0.1) is 0 Å². The first-order valence-corrected chi connectivity index (χ1v) is 8.49. The van der Waals surface area contributed by atoms with Crippen LogP contribution in [0.3, 0.4) is 0 Å². The third kappa shape index (κ3) is 2.80. The lowest BCUT2D eigenvalue weighted by molar-refractivity contribution is 0.139. The minimum atomic E-state index is -0.112. The Morgan fingerprint density at radius 1 is 1.12 bits per heavy atom. The molecular weight excluding hydrogens is 326 g/mol. The lowest BCUT2D eigenvalue weighted by atomic mass is 9.83. The summed E-state index contributed by atoms with van der Waals surface area (Å²) in [6.45, 7) is 1.99. The van der Waals surface area contributed by atoms with Crippen LogP contribution < -0.4 is 10.9 Å². The first kappa shape index (κ1) is 15.3. The predicted molar refractivity (Wildman–Crippen MR) is 93.6 cm³/mol. The summed E-state index contributed by atoms with van der Waals surface area (Å²) >= 11 is 5.97. The van der Waals surface area contributed by atoms with Crippen LogP contribution in [0.15, 0.2) is 47.3 Å². The molecule has 2 atom stereocenters. The van der Waals surface area contributed by atoms with Crippen LogP contribution in [0.25, 0.3) is 0 Å². The molecule has 24 heavy (non-hydrogen) atoms. The van der Waals surface area contributed by atoms with Crippen molar-refractivity contribution in [1.82, 2.24) is 9.47 Å². The Hall–Kier alpha value is -2.27. The average molecular weight is 344 g/mol. The topological polar surface area (TPSA) is 54.3 Å². The molecule has 2 bridgehead atoms. The van der Waals surface area contributed by atoms with Gasteiger partial charge in [-0.25, -0.2) is 4.79 Å². The maximum atomic E-state index is 12.6. The Bertz CT molecular complexity index is 848. The monoisotopic (exact) mass is 343 g/mol. The Labute approximate surface area is 144 Å². The molecule has 0 aliphatic carbocycles. The standard InChI is InChI=1S/C18H18ClN3O2/c19-14-3-1-4-15(8-14)20-18(24)21-9-12-7-13(11-21)16-5-2-6-17(23)22(16)10-12/h1-6,8,12-13H,7,9-11H2,(H,20,24)/t12-,13+/m1/s1. The number of benzene rings is 1. The van der Waals surface area contributed by atoms with Crippen molar-refractivity contribution in [3.63, 3.8) is 0 Å². The molecule has 124 valence electrons. The van der Waals surface area contributed by atoms with Crippen molar-refractivity contribution in [3.8, 4) is 0 Å². The summed E-state index contributed by atoms with van der Waals surface area (Å²) in [7, 11) is 0. The van der Waals surface area contributed by atoms with E-state index in [1.807, 2.05) is 27.7 Å². The van der Waals surface area contributed by atoms with E-state index >= 15 is 0 Å². The number of fused-ring (bicyclic) bond motifs is 4. The maximum absolute atomic E-state index is 12.6. The van der Waals surface area contributed by atoms with Crippen LogP contribution in [0.2, 0.25) is 5.02 Å². The zero-order valence-corrected chi connectivity index (χ0v) is 13.9. The number of anilines is 1. The number of hydrogen-bond acceptors (Lipinski definition) is 2. The van der Waals surface area contributed by atoms with E-state index in [0.29, 0.717) is 36.3 Å². The molecule has 3 heterocycles. The molecule has 0 spiro atoms. The zero-order valence-electron chi connectivity index (χ0n) is 13.1. The lowest BCUT2D eigenvalue weighted by Crippen LogP contribution is -2.50. The van der Waals surface area contributed by atoms with E-state index < -0.39 is 0 Å². The molecule has 2 amide bonds. The van der Waals surface area contributed by atoms with Crippen LogP contribution in [0.5, 0.6) is 0 Å². The number of likely N-dealkylation sites (tertiary alicyclic amines) is 1. The number of hydrogen-bond donors (Lipinski definition) is 1. The number of carbonyl (C=O) groups excluding carboxylic acids is 1. The van der Waals surface area contributed by atoms with E-state index in [1.54, 1.807) is 24.3 Å². The van der Waals surface area contributed by atoms with E-state index in [9.17, 15) is 9.59 Å². The number of nitrogens with zero attached hydrogens (tertiary/aromatic N) is 2. The van der Waals surface area contributed by atoms with Crippen LogP contribution in [-0.4, -0.2) is 28.6 Å². The Morgan fingerprint density at radius 3 is 2.79 bits per heavy atom. The van der Waals surface area contributed by atoms with Crippen LogP contribution in [0.4, 0.5) is 10.5 Å². The summed E-state index contributed by atoms with van der Waals surface area (Å²) in [6.07, 6.45) is 1.03. The molecule has 0 saturated carbocycles. The Kier molecular flexibility index (Phi) is 3.81. The molecule has 0 radical (unpaired) electrons. The minimum absolute atomic E-state index is 0.0547. The molecule has 1 aromatic heterocycles. The van der Waals surface area contributed by atoms with Gasteiger partial charge < -0.3 is 14.8 Å². The third-order valence-corrected chi connectivity index (χ3v) is 5.08. The summed E-state index contributed by atoms with van der Waals surface area (Å²) in [4.78, 5) is 26.5. The molecule has 5 nitrogen and oxygen atoms in total. The summed E-state index contributed by atoms with van der Waals surface area (Å²) in [5.41, 5.74) is 1.79. The van der Waals surface area contributed by atoms with Crippen LogP contribution >= 0.6 is 11.6 Å². The van der Waals surface area contributed by atoms with E-state index in [4.69, 9.17) is 11.6 Å². The highest BCUT2D eigenvalue weighted by molar-refractivity contribution is 6.30. The van der Waals surface area contributed by atoms with Crippen molar-refractivity contribution >= 4 is 23.3 Å². The SMILES string of the molecule is O=C(Nc1cccc(Cl)c1)N1C[C@H]2C[C@@H](C1)c1cccc(=O)n1C2. The second kappa shape index (κ2) is 5.98. The van der Waals surface area contributed by atoms with E-state index in [2.05, 4.69) is 5.32 Å². The molecule has 4 rings (SSSR count). The zero-order chi connectivity index (χ0) is 16.7. The van der Waals surface area contributed by atoms with Gasteiger partial charge in [0, 0.05) is 48.0 Å². The number of carbonyl (C=O) groups is 1. The third-order valence-electron chi connectivity index (χ3n) is 4.84. The fraction of sp³-hybridized carbons (Fsp3) is 0.333. The number of urea groups is 1. The molecule has 0 unspecified atom stereocenters. The van der Waals surface area contributed by atoms with Crippen molar-refractivity contribution in [2.45, 2.75) is 18.9 Å². The van der Waals surface area contributed by atoms with Crippen molar-refractivity contribution in [3.05, 3.63) is 63.5 Å². The minimum Gasteiger partial charge on any atom is -0.324 e. The van der Waals surface area contributed by atoms with Crippen molar-refractivity contribution in [2.75, 3.05) is 18.4 Å². The molecule has 6 heteroatoms. The van der Waals surface area contributed by atoms with E-state index in [0.717, 1.165) is 12.1 Å². The fourth-order valence-corrected chi connectivity index (χ4v) is 4.02.